The molecule has 0 heterocycles. The summed E-state index contributed by atoms with van der Waals surface area (Å²) in [4.78, 5) is 3.04. The van der Waals surface area contributed by atoms with Gasteiger partial charge in [-0.25, -0.2) is 0 Å². The van der Waals surface area contributed by atoms with E-state index in [-0.39, 0.29) is 7.37 Å². The van der Waals surface area contributed by atoms with Gasteiger partial charge in [0.25, 0.3) is 7.37 Å². The van der Waals surface area contributed by atoms with Crippen LogP contribution >= 0.6 is 0 Å². The maximum atomic E-state index is 10.2. The molecule has 0 saturated carbocycles. The van der Waals surface area contributed by atoms with Gasteiger partial charge in [0.05, 0.1) is 0 Å². The lowest BCUT2D eigenvalue weighted by Gasteiger charge is -1.65. The zero-order valence-electron chi connectivity index (χ0n) is 2.49. The molecule has 0 amide bonds. The molecule has 0 aromatic heterocycles. The third-order valence-electron chi connectivity index (χ3n) is 0.109. The lowest BCUT2D eigenvalue weighted by molar-refractivity contribution is 0.00195. The Morgan fingerprint density at radius 2 is 2.25 bits per heavy atom. The van der Waals surface area contributed by atoms with Crippen LogP contribution in [0.3, 0.4) is 0 Å². The average molecular weight is 59.6 g/mol. The maximum Gasteiger partial charge on any atom is 0.285 e. The van der Waals surface area contributed by atoms with E-state index in [1.54, 1.807) is 7.74 Å². The standard InChI is InChI=1S/B2FH3O/c1-2-4-3/h2H,1H2. The predicted octanol–water partition coefficient (Wildman–Crippen LogP) is -1.21. The highest BCUT2D eigenvalue weighted by atomic mass is 19.3. The molecule has 1 nitrogen and oxygen atoms in total. The largest absolute Gasteiger partial charge is 0.285 e. The van der Waals surface area contributed by atoms with Crippen LogP contribution in [0.2, 0.25) is 0 Å². The van der Waals surface area contributed by atoms with Crippen molar-refractivity contribution in [1.29, 1.82) is 0 Å². The molecular formula is H3B2FO. The molecule has 22 valence electrons. The second kappa shape index (κ2) is 3.02. The fourth-order valence-corrected chi connectivity index (χ4v) is 0. The first-order valence-corrected chi connectivity index (χ1v) is 1.15. The normalized spacial score (nSPS) is 6.25. The molecule has 0 fully saturated rings. The van der Waals surface area contributed by atoms with Gasteiger partial charge in [-0.15, -0.1) is 0 Å². The maximum absolute atomic E-state index is 10.2. The minimum Gasteiger partial charge on any atom is -0.279 e. The van der Waals surface area contributed by atoms with Gasteiger partial charge >= 0.3 is 0 Å². The van der Waals surface area contributed by atoms with Crippen LogP contribution in [0.1, 0.15) is 0 Å². The molecule has 0 atom stereocenters. The summed E-state index contributed by atoms with van der Waals surface area (Å²) in [5, 5.41) is 0. The number of hydrogen-bond donors (Lipinski definition) is 0. The third-order valence-corrected chi connectivity index (χ3v) is 0.109. The van der Waals surface area contributed by atoms with Crippen LogP contribution in [0.15, 0.2) is 0 Å². The predicted molar refractivity (Wildman–Crippen MR) is 17.9 cm³/mol. The number of halogens is 1. The van der Waals surface area contributed by atoms with Gasteiger partial charge in [-0.05, 0) is 0 Å². The molecule has 0 spiro atoms. The summed E-state index contributed by atoms with van der Waals surface area (Å²) in [5.74, 6) is 0. The van der Waals surface area contributed by atoms with E-state index in [0.29, 0.717) is 0 Å². The molecule has 0 radical (unpaired) electrons. The smallest absolute Gasteiger partial charge is 0.279 e. The van der Waals surface area contributed by atoms with Crippen LogP contribution in [0.4, 0.5) is 4.53 Å². The fourth-order valence-electron chi connectivity index (χ4n) is 0. The Hall–Kier alpha value is 0.0199. The molecule has 4 heteroatoms. The van der Waals surface area contributed by atoms with Crippen molar-refractivity contribution >= 4 is 15.1 Å². The minimum absolute atomic E-state index is 0.153. The highest BCUT2D eigenvalue weighted by Gasteiger charge is 1.66. The van der Waals surface area contributed by atoms with Crippen molar-refractivity contribution < 1.29 is 9.39 Å². The van der Waals surface area contributed by atoms with E-state index < -0.39 is 0 Å². The number of rotatable bonds is 1. The molecule has 0 unspecified atom stereocenters. The molecule has 0 aliphatic heterocycles. The zero-order chi connectivity index (χ0) is 3.41. The van der Waals surface area contributed by atoms with Crippen LogP contribution in [0, 0.1) is 0 Å². The molecule has 0 aliphatic carbocycles. The van der Waals surface area contributed by atoms with Gasteiger partial charge in [0.2, 0.25) is 0 Å². The monoisotopic (exact) mass is 60.0 g/mol. The van der Waals surface area contributed by atoms with Crippen LogP contribution in [-0.4, -0.2) is 15.1 Å². The summed E-state index contributed by atoms with van der Waals surface area (Å²) in [6.07, 6.45) is 0. The van der Waals surface area contributed by atoms with Gasteiger partial charge in [-0.1, -0.05) is 4.53 Å². The Kier molecular flexibility index (Phi) is 3.03. The Morgan fingerprint density at radius 1 is 2.00 bits per heavy atom. The zero-order valence-corrected chi connectivity index (χ0v) is 2.49. The molecule has 0 rings (SSSR count). The summed E-state index contributed by atoms with van der Waals surface area (Å²) < 4.78 is 10.2. The van der Waals surface area contributed by atoms with Crippen LogP contribution < -0.4 is 0 Å². The Balaban J connectivity index is 1.97. The quantitative estimate of drug-likeness (QED) is 0.345. The van der Waals surface area contributed by atoms with Gasteiger partial charge < -0.3 is 0 Å². The summed E-state index contributed by atoms with van der Waals surface area (Å²) in [7, 11) is 1.74. The highest BCUT2D eigenvalue weighted by molar-refractivity contribution is 6.85. The first kappa shape index (κ1) is 4.02. The highest BCUT2D eigenvalue weighted by Crippen LogP contribution is 1.54. The SMILES string of the molecule is BBOF. The molecule has 0 N–H and O–H groups in total. The van der Waals surface area contributed by atoms with Crippen molar-refractivity contribution in [3.05, 3.63) is 0 Å². The van der Waals surface area contributed by atoms with Gasteiger partial charge in [-0.2, -0.15) is 0 Å². The summed E-state index contributed by atoms with van der Waals surface area (Å²) >= 11 is 0. The van der Waals surface area contributed by atoms with Gasteiger partial charge in [0, 0.05) is 0 Å². The van der Waals surface area contributed by atoms with E-state index in [9.17, 15) is 4.53 Å². The van der Waals surface area contributed by atoms with E-state index in [2.05, 4.69) is 4.86 Å². The fraction of sp³-hybridized carbons (Fsp3) is 0. The minimum atomic E-state index is 0.153. The molecule has 4 heavy (non-hydrogen) atoms. The van der Waals surface area contributed by atoms with Crippen LogP contribution in [-0.2, 0) is 4.86 Å². The molecule has 0 aliphatic rings. The second-order valence-corrected chi connectivity index (χ2v) is 0.398. The summed E-state index contributed by atoms with van der Waals surface area (Å²) in [6.45, 7) is 0. The van der Waals surface area contributed by atoms with E-state index in [4.69, 9.17) is 0 Å². The third kappa shape index (κ3) is 2.02. The summed E-state index contributed by atoms with van der Waals surface area (Å²) in [5.41, 5.74) is 0. The summed E-state index contributed by atoms with van der Waals surface area (Å²) in [6, 6.07) is 0. The van der Waals surface area contributed by atoms with Crippen molar-refractivity contribution in [3.63, 3.8) is 0 Å². The van der Waals surface area contributed by atoms with Gasteiger partial charge in [-0.3, -0.25) is 4.86 Å². The first-order chi connectivity index (χ1) is 1.91. The van der Waals surface area contributed by atoms with Gasteiger partial charge in [0.15, 0.2) is 0 Å². The molecular weight excluding hydrogens is 56.6 g/mol. The van der Waals surface area contributed by atoms with E-state index in [1.807, 2.05) is 0 Å². The molecule has 0 aromatic rings. The Labute approximate surface area is 25.7 Å². The van der Waals surface area contributed by atoms with E-state index >= 15 is 0 Å². The van der Waals surface area contributed by atoms with Crippen molar-refractivity contribution in [2.45, 2.75) is 0 Å². The lowest BCUT2D eigenvalue weighted by Crippen LogP contribution is -1.83. The topological polar surface area (TPSA) is 9.23 Å². The first-order valence-electron chi connectivity index (χ1n) is 1.15. The van der Waals surface area contributed by atoms with Crippen molar-refractivity contribution in [1.82, 2.24) is 0 Å². The van der Waals surface area contributed by atoms with Crippen LogP contribution in [0.25, 0.3) is 0 Å². The molecule has 0 aromatic carbocycles. The van der Waals surface area contributed by atoms with E-state index in [1.165, 1.54) is 0 Å². The van der Waals surface area contributed by atoms with Crippen LogP contribution in [0.5, 0.6) is 0 Å². The molecule has 0 saturated heterocycles. The van der Waals surface area contributed by atoms with Gasteiger partial charge in [0.1, 0.15) is 7.74 Å². The van der Waals surface area contributed by atoms with E-state index in [0.717, 1.165) is 0 Å². The van der Waals surface area contributed by atoms with Crippen molar-refractivity contribution in [3.8, 4) is 0 Å². The Bertz CT molecular complexity index is 8.00. The second-order valence-electron chi connectivity index (χ2n) is 0.398. The van der Waals surface area contributed by atoms with Crippen molar-refractivity contribution in [2.75, 3.05) is 0 Å². The Morgan fingerprint density at radius 3 is 2.25 bits per heavy atom. The average Bonchev–Trinajstić information content (AvgIpc) is 1.37. The van der Waals surface area contributed by atoms with Crippen molar-refractivity contribution in [2.24, 2.45) is 0 Å². The molecule has 0 bridgehead atoms. The number of hydrogen-bond acceptors (Lipinski definition) is 1. The lowest BCUT2D eigenvalue weighted by atomic mass is 9.73.